The van der Waals surface area contributed by atoms with Crippen molar-refractivity contribution >= 4 is 39.4 Å². The number of anilines is 1. The van der Waals surface area contributed by atoms with E-state index in [2.05, 4.69) is 15.6 Å². The van der Waals surface area contributed by atoms with Crippen LogP contribution in [-0.2, 0) is 14.8 Å². The van der Waals surface area contributed by atoms with Crippen molar-refractivity contribution in [2.24, 2.45) is 0 Å². The zero-order chi connectivity index (χ0) is 22.6. The third-order valence-electron chi connectivity index (χ3n) is 4.82. The van der Waals surface area contributed by atoms with Crippen molar-refractivity contribution in [1.82, 2.24) is 14.6 Å². The van der Waals surface area contributed by atoms with E-state index < -0.39 is 22.0 Å². The number of fused-ring (bicyclic) bond motifs is 1. The second-order valence-corrected chi connectivity index (χ2v) is 10.0. The number of nitrogens with zero attached hydrogens (tertiary/aromatic N) is 2. The Hall–Kier alpha value is -2.83. The van der Waals surface area contributed by atoms with Crippen molar-refractivity contribution in [1.29, 1.82) is 0 Å². The fourth-order valence-electron chi connectivity index (χ4n) is 3.27. The molecular formula is C20H22N4O6S2. The number of hydrogen-bond donors (Lipinski definition) is 2. The lowest BCUT2D eigenvalue weighted by atomic mass is 10.2. The zero-order valence-corrected chi connectivity index (χ0v) is 18.7. The van der Waals surface area contributed by atoms with Crippen LogP contribution in [0, 0.1) is 0 Å². The molecular weight excluding hydrogens is 456 g/mol. The van der Waals surface area contributed by atoms with Gasteiger partial charge in [0, 0.05) is 31.0 Å². The van der Waals surface area contributed by atoms with Crippen LogP contribution in [0.4, 0.5) is 10.5 Å². The SMILES string of the molecule is O=C(CSc1ccc(S(=O)(=O)N2CCCC2)cn1)NC(=O)Nc1ccc2c(c1)OCCO2. The molecule has 2 aromatic rings. The number of rotatable bonds is 6. The van der Waals surface area contributed by atoms with Gasteiger partial charge in [-0.15, -0.1) is 0 Å². The van der Waals surface area contributed by atoms with Crippen molar-refractivity contribution < 1.29 is 27.5 Å². The van der Waals surface area contributed by atoms with Crippen LogP contribution in [-0.4, -0.2) is 61.7 Å². The summed E-state index contributed by atoms with van der Waals surface area (Å²) in [7, 11) is -3.53. The number of carbonyl (C=O) groups is 2. The third kappa shape index (κ3) is 5.31. The summed E-state index contributed by atoms with van der Waals surface area (Å²) in [5.41, 5.74) is 0.462. The van der Waals surface area contributed by atoms with Crippen LogP contribution in [0.25, 0.3) is 0 Å². The Morgan fingerprint density at radius 1 is 1.06 bits per heavy atom. The number of amides is 3. The maximum atomic E-state index is 12.5. The van der Waals surface area contributed by atoms with Gasteiger partial charge in [-0.1, -0.05) is 11.8 Å². The highest BCUT2D eigenvalue weighted by Crippen LogP contribution is 2.32. The van der Waals surface area contributed by atoms with E-state index in [-0.39, 0.29) is 10.6 Å². The molecule has 1 saturated heterocycles. The molecule has 32 heavy (non-hydrogen) atoms. The van der Waals surface area contributed by atoms with Gasteiger partial charge < -0.3 is 14.8 Å². The number of aromatic nitrogens is 1. The van der Waals surface area contributed by atoms with Crippen molar-refractivity contribution in [3.63, 3.8) is 0 Å². The zero-order valence-electron chi connectivity index (χ0n) is 17.1. The standard InChI is InChI=1S/C20H22N4O6S2/c25-18(23-20(26)22-14-3-5-16-17(11-14)30-10-9-29-16)13-31-19-6-4-15(12-21-19)32(27,28)24-7-1-2-8-24/h3-6,11-12H,1-2,7-10,13H2,(H2,22,23,25,26). The van der Waals surface area contributed by atoms with E-state index in [1.54, 1.807) is 24.3 Å². The van der Waals surface area contributed by atoms with Crippen LogP contribution in [0.15, 0.2) is 46.5 Å². The molecule has 2 aliphatic heterocycles. The predicted octanol–water partition coefficient (Wildman–Crippen LogP) is 2.08. The number of carbonyl (C=O) groups excluding carboxylic acids is 2. The van der Waals surface area contributed by atoms with Crippen LogP contribution in [0.3, 0.4) is 0 Å². The second kappa shape index (κ2) is 9.76. The highest BCUT2D eigenvalue weighted by molar-refractivity contribution is 7.99. The summed E-state index contributed by atoms with van der Waals surface area (Å²) in [4.78, 5) is 28.4. The summed E-state index contributed by atoms with van der Waals surface area (Å²) < 4.78 is 37.4. The molecule has 0 aliphatic carbocycles. The van der Waals surface area contributed by atoms with Gasteiger partial charge in [0.15, 0.2) is 11.5 Å². The van der Waals surface area contributed by atoms with Crippen molar-refractivity contribution in [2.75, 3.05) is 37.4 Å². The monoisotopic (exact) mass is 478 g/mol. The van der Waals surface area contributed by atoms with Gasteiger partial charge in [-0.05, 0) is 37.1 Å². The Kier molecular flexibility index (Phi) is 6.82. The summed E-state index contributed by atoms with van der Waals surface area (Å²) in [5.74, 6) is 0.555. The molecule has 3 heterocycles. The Morgan fingerprint density at radius 3 is 2.53 bits per heavy atom. The smallest absolute Gasteiger partial charge is 0.325 e. The van der Waals surface area contributed by atoms with Gasteiger partial charge in [0.25, 0.3) is 0 Å². The molecule has 1 aromatic carbocycles. The fraction of sp³-hybridized carbons (Fsp3) is 0.350. The average Bonchev–Trinajstić information content (AvgIpc) is 3.34. The first-order valence-electron chi connectivity index (χ1n) is 10.0. The molecule has 0 unspecified atom stereocenters. The van der Waals surface area contributed by atoms with Crippen LogP contribution < -0.4 is 20.1 Å². The largest absolute Gasteiger partial charge is 0.486 e. The van der Waals surface area contributed by atoms with Gasteiger partial charge in [0.1, 0.15) is 18.1 Å². The van der Waals surface area contributed by atoms with Crippen molar-refractivity contribution in [3.05, 3.63) is 36.5 Å². The number of urea groups is 1. The van der Waals surface area contributed by atoms with Gasteiger partial charge in [-0.3, -0.25) is 10.1 Å². The molecule has 0 atom stereocenters. The minimum atomic E-state index is -3.53. The van der Waals surface area contributed by atoms with Gasteiger partial charge >= 0.3 is 6.03 Å². The summed E-state index contributed by atoms with van der Waals surface area (Å²) in [6.07, 6.45) is 3.01. The molecule has 3 amide bonds. The molecule has 0 radical (unpaired) electrons. The molecule has 10 nitrogen and oxygen atoms in total. The van der Waals surface area contributed by atoms with E-state index in [1.807, 2.05) is 0 Å². The topological polar surface area (TPSA) is 127 Å². The van der Waals surface area contributed by atoms with Crippen LogP contribution in [0.2, 0.25) is 0 Å². The molecule has 0 saturated carbocycles. The number of sulfonamides is 1. The first-order chi connectivity index (χ1) is 15.4. The minimum Gasteiger partial charge on any atom is -0.486 e. The number of nitrogens with one attached hydrogen (secondary N) is 2. The number of thioether (sulfide) groups is 1. The molecule has 0 bridgehead atoms. The lowest BCUT2D eigenvalue weighted by Gasteiger charge is -2.19. The maximum absolute atomic E-state index is 12.5. The molecule has 2 aliphatic rings. The van der Waals surface area contributed by atoms with Crippen LogP contribution in [0.5, 0.6) is 11.5 Å². The number of benzene rings is 1. The number of ether oxygens (including phenoxy) is 2. The Labute approximate surface area is 189 Å². The summed E-state index contributed by atoms with van der Waals surface area (Å²) in [6, 6.07) is 7.31. The van der Waals surface area contributed by atoms with Crippen molar-refractivity contribution in [3.8, 4) is 11.5 Å². The van der Waals surface area contributed by atoms with Gasteiger partial charge in [-0.25, -0.2) is 18.2 Å². The summed E-state index contributed by atoms with van der Waals surface area (Å²) in [5, 5.41) is 5.29. The second-order valence-electron chi connectivity index (χ2n) is 7.09. The summed E-state index contributed by atoms with van der Waals surface area (Å²) in [6.45, 7) is 1.94. The Balaban J connectivity index is 1.26. The van der Waals surface area contributed by atoms with E-state index in [1.165, 1.54) is 16.6 Å². The Morgan fingerprint density at radius 2 is 1.81 bits per heavy atom. The quantitative estimate of drug-likeness (QED) is 0.604. The lowest BCUT2D eigenvalue weighted by molar-refractivity contribution is -0.117. The predicted molar refractivity (Wildman–Crippen MR) is 118 cm³/mol. The third-order valence-corrected chi connectivity index (χ3v) is 7.64. The van der Waals surface area contributed by atoms with Gasteiger partial charge in [-0.2, -0.15) is 4.31 Å². The van der Waals surface area contributed by atoms with E-state index in [9.17, 15) is 18.0 Å². The minimum absolute atomic E-state index is 0.0558. The van der Waals surface area contributed by atoms with Gasteiger partial charge in [0.2, 0.25) is 15.9 Å². The van der Waals surface area contributed by atoms with E-state index in [0.717, 1.165) is 24.6 Å². The molecule has 2 N–H and O–H groups in total. The van der Waals surface area contributed by atoms with E-state index >= 15 is 0 Å². The Bertz CT molecular complexity index is 1100. The van der Waals surface area contributed by atoms with Crippen LogP contribution in [0.1, 0.15) is 12.8 Å². The highest BCUT2D eigenvalue weighted by atomic mass is 32.2. The average molecular weight is 479 g/mol. The first kappa shape index (κ1) is 22.4. The van der Waals surface area contributed by atoms with Gasteiger partial charge in [0.05, 0.1) is 10.8 Å². The van der Waals surface area contributed by atoms with Crippen LogP contribution >= 0.6 is 11.8 Å². The number of pyridine rings is 1. The van der Waals surface area contributed by atoms with E-state index in [0.29, 0.717) is 48.5 Å². The summed E-state index contributed by atoms with van der Waals surface area (Å²) >= 11 is 1.10. The number of hydrogen-bond acceptors (Lipinski definition) is 8. The van der Waals surface area contributed by atoms with Crippen molar-refractivity contribution in [2.45, 2.75) is 22.8 Å². The highest BCUT2D eigenvalue weighted by Gasteiger charge is 2.27. The molecule has 1 aromatic heterocycles. The first-order valence-corrected chi connectivity index (χ1v) is 12.4. The molecule has 0 spiro atoms. The fourth-order valence-corrected chi connectivity index (χ4v) is 5.37. The lowest BCUT2D eigenvalue weighted by Crippen LogP contribution is -2.35. The normalized spacial score (nSPS) is 15.9. The number of imide groups is 1. The van der Waals surface area contributed by atoms with E-state index in [4.69, 9.17) is 9.47 Å². The molecule has 1 fully saturated rings. The molecule has 170 valence electrons. The molecule has 12 heteroatoms. The molecule has 4 rings (SSSR count). The maximum Gasteiger partial charge on any atom is 0.325 e.